The molecule has 0 aliphatic carbocycles. The van der Waals surface area contributed by atoms with Gasteiger partial charge < -0.3 is 0 Å². The second-order valence-electron chi connectivity index (χ2n) is 5.06. The van der Waals surface area contributed by atoms with Crippen LogP contribution >= 0.6 is 0 Å². The fourth-order valence-corrected chi connectivity index (χ4v) is 3.17. The summed E-state index contributed by atoms with van der Waals surface area (Å²) in [6, 6.07) is 20.8. The minimum atomic E-state index is -4.16. The molecule has 1 N–H and O–H groups in total. The first kappa shape index (κ1) is 28.0. The van der Waals surface area contributed by atoms with Crippen LogP contribution in [0.25, 0.3) is 10.8 Å². The van der Waals surface area contributed by atoms with Gasteiger partial charge in [0.25, 0.3) is 10.1 Å². The Morgan fingerprint density at radius 2 is 1.11 bits per heavy atom. The van der Waals surface area contributed by atoms with Gasteiger partial charge in [0.15, 0.2) is 0 Å². The molecule has 0 heterocycles. The first-order chi connectivity index (χ1) is 13.4. The van der Waals surface area contributed by atoms with Crippen molar-refractivity contribution in [3.63, 3.8) is 0 Å². The number of fused-ring (bicyclic) bond motifs is 1. The van der Waals surface area contributed by atoms with Crippen LogP contribution in [0.1, 0.15) is 52.7 Å². The van der Waals surface area contributed by atoms with Crippen LogP contribution in [0, 0.1) is 13.8 Å². The molecular formula is C24H36O3S. The van der Waals surface area contributed by atoms with Gasteiger partial charge in [-0.25, -0.2) is 0 Å². The Kier molecular flexibility index (Phi) is 15.9. The summed E-state index contributed by atoms with van der Waals surface area (Å²) in [5.74, 6) is 0. The smallest absolute Gasteiger partial charge is 0.282 e. The number of aryl methyl sites for hydroxylation is 2. The minimum Gasteiger partial charge on any atom is -0.282 e. The molecule has 0 saturated heterocycles. The highest BCUT2D eigenvalue weighted by Gasteiger charge is 2.16. The monoisotopic (exact) mass is 404 g/mol. The van der Waals surface area contributed by atoms with Crippen LogP contribution in [-0.4, -0.2) is 13.0 Å². The molecule has 0 amide bonds. The molecule has 0 unspecified atom stereocenters. The van der Waals surface area contributed by atoms with Crippen molar-refractivity contribution in [3.05, 3.63) is 77.9 Å². The highest BCUT2D eigenvalue weighted by atomic mass is 32.2. The van der Waals surface area contributed by atoms with Crippen LogP contribution in [0.5, 0.6) is 0 Å². The van der Waals surface area contributed by atoms with Crippen molar-refractivity contribution in [1.82, 2.24) is 0 Å². The van der Waals surface area contributed by atoms with Crippen molar-refractivity contribution in [3.8, 4) is 0 Å². The molecule has 3 rings (SSSR count). The molecule has 0 aliphatic rings. The van der Waals surface area contributed by atoms with Crippen LogP contribution in [-0.2, 0) is 10.1 Å². The van der Waals surface area contributed by atoms with E-state index in [0.29, 0.717) is 10.9 Å². The second kappa shape index (κ2) is 15.8. The number of hydrogen-bond donors (Lipinski definition) is 1. The molecule has 0 fully saturated rings. The number of rotatable bonds is 1. The van der Waals surface area contributed by atoms with E-state index in [1.807, 2.05) is 77.9 Å². The van der Waals surface area contributed by atoms with Crippen molar-refractivity contribution in [2.24, 2.45) is 0 Å². The van der Waals surface area contributed by atoms with Crippen molar-refractivity contribution in [1.29, 1.82) is 0 Å². The van der Waals surface area contributed by atoms with E-state index in [1.165, 1.54) is 5.56 Å². The average molecular weight is 405 g/mol. The summed E-state index contributed by atoms with van der Waals surface area (Å²) in [7, 11) is -4.16. The van der Waals surface area contributed by atoms with Gasteiger partial charge in [0.1, 0.15) is 4.90 Å². The van der Waals surface area contributed by atoms with Crippen molar-refractivity contribution in [2.45, 2.75) is 60.3 Å². The van der Waals surface area contributed by atoms with Crippen LogP contribution in [0.2, 0.25) is 0 Å². The molecule has 28 heavy (non-hydrogen) atoms. The Labute approximate surface area is 172 Å². The molecule has 156 valence electrons. The lowest BCUT2D eigenvalue weighted by Gasteiger charge is -2.06. The molecule has 3 nitrogen and oxygen atoms in total. The van der Waals surface area contributed by atoms with Gasteiger partial charge in [-0.05, 0) is 24.8 Å². The Bertz CT molecular complexity index is 871. The Hall–Kier alpha value is -2.17. The first-order valence-electron chi connectivity index (χ1n) is 9.87. The van der Waals surface area contributed by atoms with E-state index in [0.717, 1.165) is 5.39 Å². The van der Waals surface area contributed by atoms with Crippen molar-refractivity contribution >= 4 is 20.9 Å². The largest absolute Gasteiger partial charge is 0.295 e. The van der Waals surface area contributed by atoms with Gasteiger partial charge in [-0.2, -0.15) is 8.42 Å². The predicted molar refractivity (Wildman–Crippen MR) is 124 cm³/mol. The standard InChI is InChI=1S/C11H10O3S.C7H8.3C2H6/c1-8-6-7-9-4-2-3-5-10(9)11(8)15(12,13)14;1-7-5-3-2-4-6-7;3*1-2/h2-7H,1H3,(H,12,13,14);2-6H,1H3;3*1-2H3. The first-order valence-corrected chi connectivity index (χ1v) is 11.3. The SMILES string of the molecule is CC.CC.CC.Cc1ccc2ccccc2c1S(=O)(=O)O.Cc1ccccc1. The predicted octanol–water partition coefficient (Wildman–Crippen LogP) is 7.47. The molecule has 0 bridgehead atoms. The van der Waals surface area contributed by atoms with Crippen LogP contribution in [0.15, 0.2) is 71.6 Å². The molecule has 0 aromatic heterocycles. The van der Waals surface area contributed by atoms with Gasteiger partial charge in [0, 0.05) is 5.39 Å². The lowest BCUT2D eigenvalue weighted by molar-refractivity contribution is 0.483. The maximum absolute atomic E-state index is 11.2. The molecule has 3 aromatic carbocycles. The molecule has 4 heteroatoms. The summed E-state index contributed by atoms with van der Waals surface area (Å²) in [6.07, 6.45) is 0. The van der Waals surface area contributed by atoms with E-state index in [9.17, 15) is 8.42 Å². The second-order valence-corrected chi connectivity index (χ2v) is 6.42. The van der Waals surface area contributed by atoms with E-state index in [2.05, 4.69) is 19.1 Å². The van der Waals surface area contributed by atoms with Crippen molar-refractivity contribution < 1.29 is 13.0 Å². The van der Waals surface area contributed by atoms with Crippen LogP contribution in [0.3, 0.4) is 0 Å². The minimum absolute atomic E-state index is 0.000556. The Morgan fingerprint density at radius 1 is 0.643 bits per heavy atom. The lowest BCUT2D eigenvalue weighted by atomic mass is 10.1. The molecular weight excluding hydrogens is 368 g/mol. The fourth-order valence-electron chi connectivity index (χ4n) is 2.23. The van der Waals surface area contributed by atoms with Gasteiger partial charge in [-0.1, -0.05) is 114 Å². The van der Waals surface area contributed by atoms with E-state index in [-0.39, 0.29) is 4.90 Å². The van der Waals surface area contributed by atoms with E-state index < -0.39 is 10.1 Å². The van der Waals surface area contributed by atoms with Gasteiger partial charge in [-0.15, -0.1) is 0 Å². The third-order valence-corrected chi connectivity index (χ3v) is 4.33. The molecule has 0 radical (unpaired) electrons. The third-order valence-electron chi connectivity index (χ3n) is 3.27. The maximum atomic E-state index is 11.2. The molecule has 0 aliphatic heterocycles. The van der Waals surface area contributed by atoms with Crippen LogP contribution in [0.4, 0.5) is 0 Å². The summed E-state index contributed by atoms with van der Waals surface area (Å²) in [5, 5.41) is 1.36. The molecule has 0 spiro atoms. The van der Waals surface area contributed by atoms with Gasteiger partial charge in [0.2, 0.25) is 0 Å². The Balaban J connectivity index is 0. The van der Waals surface area contributed by atoms with Gasteiger partial charge in [0.05, 0.1) is 0 Å². The lowest BCUT2D eigenvalue weighted by Crippen LogP contribution is -2.01. The molecule has 3 aromatic rings. The van der Waals surface area contributed by atoms with E-state index in [4.69, 9.17) is 4.55 Å². The maximum Gasteiger partial charge on any atom is 0.295 e. The topological polar surface area (TPSA) is 54.4 Å². The fraction of sp³-hybridized carbons (Fsp3) is 0.333. The van der Waals surface area contributed by atoms with Gasteiger partial charge in [-0.3, -0.25) is 4.55 Å². The molecule has 0 saturated carbocycles. The number of hydrogen-bond acceptors (Lipinski definition) is 2. The van der Waals surface area contributed by atoms with E-state index in [1.54, 1.807) is 25.1 Å². The summed E-state index contributed by atoms with van der Waals surface area (Å²) in [5.41, 5.74) is 1.87. The Morgan fingerprint density at radius 3 is 1.54 bits per heavy atom. The summed E-state index contributed by atoms with van der Waals surface area (Å²) < 4.78 is 31.6. The highest BCUT2D eigenvalue weighted by Crippen LogP contribution is 2.25. The summed E-state index contributed by atoms with van der Waals surface area (Å²) in [6.45, 7) is 15.7. The van der Waals surface area contributed by atoms with E-state index >= 15 is 0 Å². The van der Waals surface area contributed by atoms with Gasteiger partial charge >= 0.3 is 0 Å². The molecule has 0 atom stereocenters. The average Bonchev–Trinajstić information content (AvgIpc) is 2.72. The van der Waals surface area contributed by atoms with Crippen molar-refractivity contribution in [2.75, 3.05) is 0 Å². The quantitative estimate of drug-likeness (QED) is 0.428. The highest BCUT2D eigenvalue weighted by molar-refractivity contribution is 7.86. The van der Waals surface area contributed by atoms with Crippen LogP contribution < -0.4 is 0 Å². The zero-order valence-electron chi connectivity index (χ0n) is 18.5. The number of benzene rings is 3. The zero-order valence-corrected chi connectivity index (χ0v) is 19.3. The summed E-state index contributed by atoms with van der Waals surface area (Å²) in [4.78, 5) is 0.000556. The zero-order chi connectivity index (χ0) is 22.2. The third kappa shape index (κ3) is 9.67. The normalized spacial score (nSPS) is 9.18. The summed E-state index contributed by atoms with van der Waals surface area (Å²) >= 11 is 0.